The van der Waals surface area contributed by atoms with Gasteiger partial charge >= 0.3 is 0 Å². The van der Waals surface area contributed by atoms with Crippen LogP contribution in [-0.4, -0.2) is 36.1 Å². The topological polar surface area (TPSA) is 99.7 Å². The van der Waals surface area contributed by atoms with E-state index in [9.17, 15) is 4.79 Å². The molecule has 0 atom stereocenters. The molecular weight excluding hydrogens is 348 g/mol. The predicted octanol–water partition coefficient (Wildman–Crippen LogP) is 1.79. The highest BCUT2D eigenvalue weighted by Gasteiger charge is 2.05. The molecule has 0 aliphatic heterocycles. The summed E-state index contributed by atoms with van der Waals surface area (Å²) in [5.41, 5.74) is 6.27. The fourth-order valence-corrected chi connectivity index (χ4v) is 1.81. The van der Waals surface area contributed by atoms with Crippen LogP contribution in [0, 0.1) is 0 Å². The highest BCUT2D eigenvalue weighted by atomic mass is 79.9. The molecule has 6 nitrogen and oxygen atoms in total. The van der Waals surface area contributed by atoms with Gasteiger partial charge in [0.1, 0.15) is 5.75 Å². The monoisotopic (exact) mass is 372 g/mol. The number of nitrogens with one attached hydrogen (secondary N) is 2. The molecule has 0 aliphatic rings. The van der Waals surface area contributed by atoms with Gasteiger partial charge in [-0.25, -0.2) is 0 Å². The molecule has 0 saturated carbocycles. The van der Waals surface area contributed by atoms with E-state index < -0.39 is 0 Å². The fraction of sp³-hybridized carbons (Fsp3) is 0.467. The lowest BCUT2D eigenvalue weighted by atomic mass is 10.2. The summed E-state index contributed by atoms with van der Waals surface area (Å²) in [5, 5.41) is 15.0. The van der Waals surface area contributed by atoms with Gasteiger partial charge < -0.3 is 21.5 Å². The molecule has 124 valence electrons. The van der Waals surface area contributed by atoms with E-state index in [1.165, 1.54) is 12.1 Å². The van der Waals surface area contributed by atoms with Gasteiger partial charge in [-0.1, -0.05) is 13.8 Å². The molecule has 0 aromatic heterocycles. The van der Waals surface area contributed by atoms with Crippen LogP contribution in [0.4, 0.5) is 0 Å². The highest BCUT2D eigenvalue weighted by molar-refractivity contribution is 8.93. The van der Waals surface area contributed by atoms with Crippen molar-refractivity contribution in [2.75, 3.05) is 13.1 Å². The number of carbonyl (C=O) groups excluding carboxylic acids is 1. The third-order valence-corrected chi connectivity index (χ3v) is 3.15. The number of aliphatic imine (C=N–C) groups is 1. The van der Waals surface area contributed by atoms with Crippen molar-refractivity contribution in [2.24, 2.45) is 10.7 Å². The van der Waals surface area contributed by atoms with Gasteiger partial charge in [-0.05, 0) is 37.1 Å². The van der Waals surface area contributed by atoms with Crippen LogP contribution >= 0.6 is 17.0 Å². The maximum atomic E-state index is 11.8. The van der Waals surface area contributed by atoms with Gasteiger partial charge in [0.25, 0.3) is 5.91 Å². The average molecular weight is 373 g/mol. The highest BCUT2D eigenvalue weighted by Crippen LogP contribution is 2.09. The number of hydrogen-bond acceptors (Lipinski definition) is 3. The van der Waals surface area contributed by atoms with Gasteiger partial charge in [0.05, 0.1) is 6.54 Å². The first-order chi connectivity index (χ1) is 10.1. The molecule has 1 aromatic rings. The van der Waals surface area contributed by atoms with Crippen LogP contribution in [0.5, 0.6) is 5.75 Å². The Bertz CT molecular complexity index is 473. The van der Waals surface area contributed by atoms with Crippen molar-refractivity contribution in [1.82, 2.24) is 10.6 Å². The van der Waals surface area contributed by atoms with Crippen LogP contribution < -0.4 is 16.4 Å². The van der Waals surface area contributed by atoms with E-state index >= 15 is 0 Å². The van der Waals surface area contributed by atoms with Gasteiger partial charge in [0, 0.05) is 18.2 Å². The van der Waals surface area contributed by atoms with E-state index in [2.05, 4.69) is 29.5 Å². The van der Waals surface area contributed by atoms with Gasteiger partial charge in [-0.3, -0.25) is 9.79 Å². The Balaban J connectivity index is 0.00000441. The van der Waals surface area contributed by atoms with E-state index in [-0.39, 0.29) is 28.6 Å². The summed E-state index contributed by atoms with van der Waals surface area (Å²) >= 11 is 0. The normalized spacial score (nSPS) is 11.0. The van der Waals surface area contributed by atoms with E-state index in [0.29, 0.717) is 30.7 Å². The van der Waals surface area contributed by atoms with Crippen LogP contribution in [-0.2, 0) is 0 Å². The standard InChI is InChI=1S/C15H24N4O2.BrH/c1-3-12(4-2)19-15(16)18-10-9-17-14(21)11-5-7-13(20)8-6-11;/h5-8,12,20H,3-4,9-10H2,1-2H3,(H,17,21)(H3,16,18,19);1H. The molecule has 0 spiro atoms. The zero-order valence-corrected chi connectivity index (χ0v) is 14.7. The number of phenolic OH excluding ortho intramolecular Hbond substituents is 1. The van der Waals surface area contributed by atoms with E-state index in [4.69, 9.17) is 10.8 Å². The Kier molecular flexibility index (Phi) is 10.0. The number of rotatable bonds is 7. The minimum atomic E-state index is -0.197. The number of nitrogens with zero attached hydrogens (tertiary/aromatic N) is 1. The number of guanidine groups is 1. The first kappa shape index (κ1) is 20.2. The summed E-state index contributed by atoms with van der Waals surface area (Å²) < 4.78 is 0. The van der Waals surface area contributed by atoms with Crippen molar-refractivity contribution >= 4 is 28.8 Å². The molecule has 0 bridgehead atoms. The molecule has 0 aliphatic carbocycles. The molecule has 1 rings (SSSR count). The van der Waals surface area contributed by atoms with Gasteiger partial charge in [-0.2, -0.15) is 0 Å². The van der Waals surface area contributed by atoms with Gasteiger partial charge in [-0.15, -0.1) is 17.0 Å². The number of hydrogen-bond donors (Lipinski definition) is 4. The zero-order valence-electron chi connectivity index (χ0n) is 13.0. The second kappa shape index (κ2) is 10.9. The van der Waals surface area contributed by atoms with Crippen molar-refractivity contribution in [3.05, 3.63) is 29.8 Å². The maximum Gasteiger partial charge on any atom is 0.251 e. The van der Waals surface area contributed by atoms with Crippen LogP contribution in [0.25, 0.3) is 0 Å². The summed E-state index contributed by atoms with van der Waals surface area (Å²) in [5.74, 6) is 0.343. The van der Waals surface area contributed by atoms with Gasteiger partial charge in [0.2, 0.25) is 0 Å². The molecule has 0 saturated heterocycles. The number of benzene rings is 1. The van der Waals surface area contributed by atoms with Crippen molar-refractivity contribution < 1.29 is 9.90 Å². The predicted molar refractivity (Wildman–Crippen MR) is 94.8 cm³/mol. The maximum absolute atomic E-state index is 11.8. The van der Waals surface area contributed by atoms with E-state index in [1.54, 1.807) is 12.1 Å². The van der Waals surface area contributed by atoms with Crippen LogP contribution in [0.15, 0.2) is 29.3 Å². The van der Waals surface area contributed by atoms with Crippen LogP contribution in [0.2, 0.25) is 0 Å². The third kappa shape index (κ3) is 7.31. The molecule has 0 heterocycles. The second-order valence-corrected chi connectivity index (χ2v) is 4.73. The first-order valence-corrected chi connectivity index (χ1v) is 7.20. The molecule has 5 N–H and O–H groups in total. The van der Waals surface area contributed by atoms with Gasteiger partial charge in [0.15, 0.2) is 5.96 Å². The Morgan fingerprint density at radius 3 is 2.41 bits per heavy atom. The zero-order chi connectivity index (χ0) is 15.7. The van der Waals surface area contributed by atoms with Crippen molar-refractivity contribution in [3.63, 3.8) is 0 Å². The number of phenols is 1. The molecule has 1 amide bonds. The number of halogens is 1. The molecule has 0 unspecified atom stereocenters. The van der Waals surface area contributed by atoms with Crippen LogP contribution in [0.3, 0.4) is 0 Å². The number of nitrogens with two attached hydrogens (primary N) is 1. The largest absolute Gasteiger partial charge is 0.508 e. The molecule has 7 heteroatoms. The summed E-state index contributed by atoms with van der Waals surface area (Å²) in [6.45, 7) is 5.01. The summed E-state index contributed by atoms with van der Waals surface area (Å²) in [7, 11) is 0. The van der Waals surface area contributed by atoms with Crippen molar-refractivity contribution in [1.29, 1.82) is 0 Å². The lowest BCUT2D eigenvalue weighted by molar-refractivity contribution is 0.0955. The Morgan fingerprint density at radius 1 is 1.27 bits per heavy atom. The second-order valence-electron chi connectivity index (χ2n) is 4.73. The molecule has 0 radical (unpaired) electrons. The first-order valence-electron chi connectivity index (χ1n) is 7.20. The lowest BCUT2D eigenvalue weighted by Gasteiger charge is -2.15. The Morgan fingerprint density at radius 2 is 1.86 bits per heavy atom. The van der Waals surface area contributed by atoms with E-state index in [1.807, 2.05) is 0 Å². The third-order valence-electron chi connectivity index (χ3n) is 3.15. The SMILES string of the molecule is Br.CCC(CC)NC(N)=NCCNC(=O)c1ccc(O)cc1. The summed E-state index contributed by atoms with van der Waals surface area (Å²) in [6, 6.07) is 6.42. The van der Waals surface area contributed by atoms with Crippen LogP contribution in [0.1, 0.15) is 37.0 Å². The average Bonchev–Trinajstić information content (AvgIpc) is 2.49. The molecule has 0 fully saturated rings. The quantitative estimate of drug-likeness (QED) is 0.333. The van der Waals surface area contributed by atoms with Crippen molar-refractivity contribution in [2.45, 2.75) is 32.7 Å². The Hall–Kier alpha value is -1.76. The van der Waals surface area contributed by atoms with Crippen molar-refractivity contribution in [3.8, 4) is 5.75 Å². The lowest BCUT2D eigenvalue weighted by Crippen LogP contribution is -2.40. The Labute approximate surface area is 142 Å². The molecular formula is C15H25BrN4O2. The summed E-state index contributed by atoms with van der Waals surface area (Å²) in [4.78, 5) is 16.0. The minimum absolute atomic E-state index is 0. The smallest absolute Gasteiger partial charge is 0.251 e. The molecule has 22 heavy (non-hydrogen) atoms. The molecule has 1 aromatic carbocycles. The number of aromatic hydroxyl groups is 1. The summed E-state index contributed by atoms with van der Waals surface area (Å²) in [6.07, 6.45) is 1.98. The number of amides is 1. The fourth-order valence-electron chi connectivity index (χ4n) is 1.81. The minimum Gasteiger partial charge on any atom is -0.508 e. The number of carbonyl (C=O) groups is 1. The van der Waals surface area contributed by atoms with E-state index in [0.717, 1.165) is 12.8 Å².